The van der Waals surface area contributed by atoms with Gasteiger partial charge in [-0.05, 0) is 48.0 Å². The Morgan fingerprint density at radius 3 is 2.17 bits per heavy atom. The molecule has 1 heterocycles. The van der Waals surface area contributed by atoms with Crippen molar-refractivity contribution >= 4 is 24.0 Å². The Morgan fingerprint density at radius 2 is 1.66 bits per heavy atom. The van der Waals surface area contributed by atoms with E-state index in [1.165, 1.54) is 12.1 Å². The summed E-state index contributed by atoms with van der Waals surface area (Å²) in [6.45, 7) is 12.2. The normalized spacial score (nSPS) is 12.2. The van der Waals surface area contributed by atoms with Crippen LogP contribution in [0.2, 0.25) is 25.7 Å². The number of halogens is 3. The molecule has 1 aromatic heterocycles. The second-order valence-electron chi connectivity index (χ2n) is 7.80. The van der Waals surface area contributed by atoms with Crippen molar-refractivity contribution < 1.29 is 23.0 Å². The average Bonchev–Trinajstić information content (AvgIpc) is 2.93. The van der Waals surface area contributed by atoms with Crippen molar-refractivity contribution in [2.24, 2.45) is 0 Å². The predicted molar refractivity (Wildman–Crippen MR) is 115 cm³/mol. The van der Waals surface area contributed by atoms with Gasteiger partial charge < -0.3 is 14.2 Å². The van der Waals surface area contributed by atoms with Crippen molar-refractivity contribution in [2.45, 2.75) is 52.6 Å². The van der Waals surface area contributed by atoms with Crippen LogP contribution in [-0.4, -0.2) is 37.7 Å². The Hall–Kier alpha value is -1.13. The van der Waals surface area contributed by atoms with Gasteiger partial charge in [0.05, 0.1) is 10.2 Å². The van der Waals surface area contributed by atoms with Gasteiger partial charge in [0.1, 0.15) is 24.1 Å². The summed E-state index contributed by atoms with van der Waals surface area (Å²) < 4.78 is 47.0. The molecular weight excluding hydrogens is 462 g/mol. The van der Waals surface area contributed by atoms with E-state index in [0.29, 0.717) is 41.2 Å². The Bertz CT molecular complexity index is 786. The molecule has 0 unspecified atom stereocenters. The first-order chi connectivity index (χ1) is 13.7. The summed E-state index contributed by atoms with van der Waals surface area (Å²) in [6.07, 6.45) is -0.695. The van der Waals surface area contributed by atoms with E-state index in [1.54, 1.807) is 4.68 Å². The largest absolute Gasteiger partial charge is 0.360 e. The lowest BCUT2D eigenvalue weighted by molar-refractivity contribution is -0.143. The number of nitrogens with zero attached hydrogens (tertiary/aromatic N) is 2. The molecule has 2 rings (SSSR count). The lowest BCUT2D eigenvalue weighted by Crippen LogP contribution is -2.22. The summed E-state index contributed by atoms with van der Waals surface area (Å²) in [5, 5.41) is 4.58. The topological polar surface area (TPSA) is 45.5 Å². The van der Waals surface area contributed by atoms with Gasteiger partial charge in [-0.2, -0.15) is 5.10 Å². The Balaban J connectivity index is 2.41. The highest BCUT2D eigenvalue weighted by Crippen LogP contribution is 2.36. The minimum absolute atomic E-state index is 0.154. The van der Waals surface area contributed by atoms with Crippen LogP contribution in [0, 0.1) is 11.6 Å². The number of ether oxygens (including phenoxy) is 3. The SMILES string of the molecule is CCOC(OCC)c1nn(COCC[Si](C)(C)C)c(-c2cc(F)cc(F)c2)c1Br. The monoisotopic (exact) mass is 490 g/mol. The summed E-state index contributed by atoms with van der Waals surface area (Å²) in [5.74, 6) is -1.32. The maximum Gasteiger partial charge on any atom is 0.204 e. The zero-order valence-corrected chi connectivity index (χ0v) is 20.2. The molecule has 0 bridgehead atoms. The fourth-order valence-corrected chi connectivity index (χ4v) is 4.16. The molecule has 162 valence electrons. The predicted octanol–water partition coefficient (Wildman–Crippen LogP) is 5.97. The minimum Gasteiger partial charge on any atom is -0.360 e. The quantitative estimate of drug-likeness (QED) is 0.221. The first-order valence-electron chi connectivity index (χ1n) is 9.69. The summed E-state index contributed by atoms with van der Waals surface area (Å²) in [4.78, 5) is 0. The first kappa shape index (κ1) is 24.1. The molecule has 0 N–H and O–H groups in total. The molecule has 9 heteroatoms. The maximum atomic E-state index is 13.9. The second-order valence-corrected chi connectivity index (χ2v) is 14.2. The van der Waals surface area contributed by atoms with Gasteiger partial charge in [0.15, 0.2) is 0 Å². The van der Waals surface area contributed by atoms with Crippen LogP contribution in [0.15, 0.2) is 22.7 Å². The van der Waals surface area contributed by atoms with Gasteiger partial charge in [0.25, 0.3) is 0 Å². The molecular formula is C20H29BrF2N2O3Si. The molecule has 0 saturated carbocycles. The van der Waals surface area contributed by atoms with E-state index >= 15 is 0 Å². The first-order valence-corrected chi connectivity index (χ1v) is 14.2. The van der Waals surface area contributed by atoms with Gasteiger partial charge in [0, 0.05) is 39.5 Å². The van der Waals surface area contributed by atoms with Crippen LogP contribution in [0.25, 0.3) is 11.3 Å². The van der Waals surface area contributed by atoms with Crippen molar-refractivity contribution in [1.82, 2.24) is 9.78 Å². The fourth-order valence-electron chi connectivity index (χ4n) is 2.71. The number of rotatable bonds is 11. The molecule has 2 aromatic rings. The van der Waals surface area contributed by atoms with Gasteiger partial charge in [-0.15, -0.1) is 0 Å². The molecule has 0 aliphatic carbocycles. The van der Waals surface area contributed by atoms with E-state index < -0.39 is 26.0 Å². The molecule has 1 aromatic carbocycles. The van der Waals surface area contributed by atoms with Gasteiger partial charge >= 0.3 is 0 Å². The van der Waals surface area contributed by atoms with Gasteiger partial charge in [-0.3, -0.25) is 0 Å². The van der Waals surface area contributed by atoms with E-state index in [2.05, 4.69) is 40.7 Å². The third-order valence-electron chi connectivity index (χ3n) is 4.12. The van der Waals surface area contributed by atoms with Crippen LogP contribution in [0.5, 0.6) is 0 Å². The molecule has 0 radical (unpaired) electrons. The minimum atomic E-state index is -1.24. The molecule has 0 fully saturated rings. The standard InChI is InChI=1S/C20H29BrF2N2O3Si/c1-6-27-20(28-7-2)18-17(21)19(14-10-15(22)12-16(23)11-14)25(24-18)13-26-8-9-29(3,4)5/h10-12,20H,6-9,13H2,1-5H3. The second kappa shape index (κ2) is 10.8. The fraction of sp³-hybridized carbons (Fsp3) is 0.550. The number of aromatic nitrogens is 2. The number of hydrogen-bond donors (Lipinski definition) is 0. The molecule has 0 saturated heterocycles. The Labute approximate surface area is 180 Å². The van der Waals surface area contributed by atoms with Crippen LogP contribution in [0.3, 0.4) is 0 Å². The molecule has 0 spiro atoms. The maximum absolute atomic E-state index is 13.9. The smallest absolute Gasteiger partial charge is 0.204 e. The van der Waals surface area contributed by atoms with Crippen LogP contribution < -0.4 is 0 Å². The van der Waals surface area contributed by atoms with E-state index in [0.717, 1.165) is 12.1 Å². The highest BCUT2D eigenvalue weighted by atomic mass is 79.9. The van der Waals surface area contributed by atoms with E-state index in [9.17, 15) is 8.78 Å². The summed E-state index contributed by atoms with van der Waals surface area (Å²) in [6, 6.07) is 4.38. The van der Waals surface area contributed by atoms with Crippen LogP contribution in [0.4, 0.5) is 8.78 Å². The van der Waals surface area contributed by atoms with Crippen molar-refractivity contribution in [3.8, 4) is 11.3 Å². The molecule has 0 atom stereocenters. The van der Waals surface area contributed by atoms with Gasteiger partial charge in [0.2, 0.25) is 6.29 Å². The van der Waals surface area contributed by atoms with E-state index in [4.69, 9.17) is 14.2 Å². The van der Waals surface area contributed by atoms with E-state index in [-0.39, 0.29) is 6.73 Å². The molecule has 5 nitrogen and oxygen atoms in total. The zero-order valence-electron chi connectivity index (χ0n) is 17.6. The van der Waals surface area contributed by atoms with Crippen LogP contribution >= 0.6 is 15.9 Å². The Kier molecular flexibility index (Phi) is 8.96. The third kappa shape index (κ3) is 6.96. The lowest BCUT2D eigenvalue weighted by atomic mass is 10.1. The Morgan fingerprint density at radius 1 is 1.07 bits per heavy atom. The lowest BCUT2D eigenvalue weighted by Gasteiger charge is -2.16. The zero-order chi connectivity index (χ0) is 21.6. The summed E-state index contributed by atoms with van der Waals surface area (Å²) >= 11 is 3.53. The van der Waals surface area contributed by atoms with Crippen molar-refractivity contribution in [3.05, 3.63) is 40.0 Å². The van der Waals surface area contributed by atoms with Crippen molar-refractivity contribution in [3.63, 3.8) is 0 Å². The van der Waals surface area contributed by atoms with Crippen LogP contribution in [0.1, 0.15) is 25.8 Å². The highest BCUT2D eigenvalue weighted by molar-refractivity contribution is 9.10. The summed E-state index contributed by atoms with van der Waals surface area (Å²) in [7, 11) is -1.24. The molecule has 0 aliphatic heterocycles. The van der Waals surface area contributed by atoms with E-state index in [1.807, 2.05) is 13.8 Å². The third-order valence-corrected chi connectivity index (χ3v) is 6.61. The van der Waals surface area contributed by atoms with Crippen LogP contribution in [-0.2, 0) is 20.9 Å². The van der Waals surface area contributed by atoms with Crippen molar-refractivity contribution in [2.75, 3.05) is 19.8 Å². The van der Waals surface area contributed by atoms with Gasteiger partial charge in [-0.1, -0.05) is 19.6 Å². The number of benzene rings is 1. The molecule has 0 aliphatic rings. The summed E-state index contributed by atoms with van der Waals surface area (Å²) in [5.41, 5.74) is 1.37. The average molecular weight is 491 g/mol. The molecule has 29 heavy (non-hydrogen) atoms. The highest BCUT2D eigenvalue weighted by Gasteiger charge is 2.26. The number of hydrogen-bond acceptors (Lipinski definition) is 4. The van der Waals surface area contributed by atoms with Gasteiger partial charge in [-0.25, -0.2) is 13.5 Å². The van der Waals surface area contributed by atoms with Crippen molar-refractivity contribution in [1.29, 1.82) is 0 Å². The molecule has 0 amide bonds.